The number of rotatable bonds is 2. The molecule has 0 aliphatic rings. The van der Waals surface area contributed by atoms with Gasteiger partial charge in [-0.3, -0.25) is 10.1 Å². The van der Waals surface area contributed by atoms with Gasteiger partial charge in [-0.05, 0) is 30.3 Å². The molecule has 0 unspecified atom stereocenters. The maximum Gasteiger partial charge on any atom is 0.259 e. The van der Waals surface area contributed by atoms with Crippen molar-refractivity contribution in [3.05, 3.63) is 58.9 Å². The van der Waals surface area contributed by atoms with E-state index in [4.69, 9.17) is 11.6 Å². The van der Waals surface area contributed by atoms with Crippen LogP contribution >= 0.6 is 11.6 Å². The number of hydrogen-bond acceptors (Lipinski definition) is 2. The van der Waals surface area contributed by atoms with E-state index in [0.717, 1.165) is 17.1 Å². The number of benzene rings is 2. The van der Waals surface area contributed by atoms with Crippen LogP contribution in [0.2, 0.25) is 5.02 Å². The maximum absolute atomic E-state index is 12.9. The van der Waals surface area contributed by atoms with E-state index in [2.05, 4.69) is 15.3 Å². The summed E-state index contributed by atoms with van der Waals surface area (Å²) in [5.74, 6) is -0.624. The Balaban J connectivity index is 1.88. The molecular formula is C14H9ClFN3O. The molecule has 0 fully saturated rings. The first-order valence-electron chi connectivity index (χ1n) is 5.84. The molecule has 1 aromatic heterocycles. The predicted octanol–water partition coefficient (Wildman–Crippen LogP) is 3.61. The van der Waals surface area contributed by atoms with E-state index in [1.165, 1.54) is 12.1 Å². The molecule has 1 heterocycles. The molecule has 0 aliphatic carbocycles. The van der Waals surface area contributed by atoms with Crippen molar-refractivity contribution in [2.45, 2.75) is 0 Å². The lowest BCUT2D eigenvalue weighted by molar-refractivity contribution is 0.102. The number of aromatic nitrogens is 2. The van der Waals surface area contributed by atoms with Crippen LogP contribution < -0.4 is 5.32 Å². The highest BCUT2D eigenvalue weighted by atomic mass is 35.5. The minimum absolute atomic E-state index is 0.0543. The van der Waals surface area contributed by atoms with E-state index in [1.54, 1.807) is 0 Å². The lowest BCUT2D eigenvalue weighted by atomic mass is 10.2. The third-order valence-electron chi connectivity index (χ3n) is 2.80. The van der Waals surface area contributed by atoms with E-state index in [1.807, 2.05) is 24.3 Å². The predicted molar refractivity (Wildman–Crippen MR) is 75.5 cm³/mol. The minimum atomic E-state index is -0.490. The van der Waals surface area contributed by atoms with Gasteiger partial charge in [0.25, 0.3) is 5.91 Å². The van der Waals surface area contributed by atoms with Gasteiger partial charge >= 0.3 is 0 Å². The zero-order valence-corrected chi connectivity index (χ0v) is 10.9. The van der Waals surface area contributed by atoms with Crippen LogP contribution in [-0.2, 0) is 0 Å². The lowest BCUT2D eigenvalue weighted by Crippen LogP contribution is -2.13. The van der Waals surface area contributed by atoms with Crippen molar-refractivity contribution >= 4 is 34.5 Å². The van der Waals surface area contributed by atoms with Crippen LogP contribution in [0.25, 0.3) is 11.0 Å². The summed E-state index contributed by atoms with van der Waals surface area (Å²) in [6.45, 7) is 0. The Morgan fingerprint density at radius 3 is 2.80 bits per heavy atom. The van der Waals surface area contributed by atoms with Crippen LogP contribution in [0.3, 0.4) is 0 Å². The molecule has 0 saturated heterocycles. The van der Waals surface area contributed by atoms with Crippen molar-refractivity contribution in [2.75, 3.05) is 5.32 Å². The quantitative estimate of drug-likeness (QED) is 0.757. The topological polar surface area (TPSA) is 57.8 Å². The Labute approximate surface area is 118 Å². The fraction of sp³-hybridized carbons (Fsp3) is 0. The van der Waals surface area contributed by atoms with Crippen LogP contribution in [0.4, 0.5) is 10.3 Å². The molecule has 0 atom stereocenters. The number of carbonyl (C=O) groups is 1. The highest BCUT2D eigenvalue weighted by Gasteiger charge is 2.13. The Morgan fingerprint density at radius 2 is 2.05 bits per heavy atom. The molecule has 0 saturated carbocycles. The number of carbonyl (C=O) groups excluding carboxylic acids is 1. The van der Waals surface area contributed by atoms with Crippen LogP contribution in [0.1, 0.15) is 10.4 Å². The molecule has 3 rings (SSSR count). The summed E-state index contributed by atoms with van der Waals surface area (Å²) >= 11 is 5.84. The first kappa shape index (κ1) is 12.6. The Hall–Kier alpha value is -2.40. The molecule has 3 aromatic rings. The Kier molecular flexibility index (Phi) is 3.12. The maximum atomic E-state index is 12.9. The van der Waals surface area contributed by atoms with Gasteiger partial charge in [-0.1, -0.05) is 23.7 Å². The summed E-state index contributed by atoms with van der Waals surface area (Å²) in [4.78, 5) is 19.2. The van der Waals surface area contributed by atoms with Gasteiger partial charge in [0.05, 0.1) is 21.6 Å². The molecule has 1 amide bonds. The summed E-state index contributed by atoms with van der Waals surface area (Å²) in [7, 11) is 0. The molecule has 6 heteroatoms. The van der Waals surface area contributed by atoms with Gasteiger partial charge in [-0.25, -0.2) is 9.37 Å². The number of fused-ring (bicyclic) bond motifs is 1. The fourth-order valence-corrected chi connectivity index (χ4v) is 2.11. The summed E-state index contributed by atoms with van der Waals surface area (Å²) in [6.07, 6.45) is 0. The fourth-order valence-electron chi connectivity index (χ4n) is 1.86. The molecule has 2 N–H and O–H groups in total. The number of amides is 1. The SMILES string of the molecule is O=C(Nc1nc2ccccc2[nH]1)c1ccc(F)cc1Cl. The van der Waals surface area contributed by atoms with Crippen LogP contribution in [-0.4, -0.2) is 15.9 Å². The Bertz CT molecular complexity index is 767. The van der Waals surface area contributed by atoms with Crippen molar-refractivity contribution in [1.82, 2.24) is 9.97 Å². The van der Waals surface area contributed by atoms with Crippen LogP contribution in [0.5, 0.6) is 0 Å². The third kappa shape index (κ3) is 2.35. The molecule has 0 aliphatic heterocycles. The van der Waals surface area contributed by atoms with Crippen molar-refractivity contribution in [1.29, 1.82) is 0 Å². The van der Waals surface area contributed by atoms with Crippen molar-refractivity contribution in [3.8, 4) is 0 Å². The lowest BCUT2D eigenvalue weighted by Gasteiger charge is -2.03. The second-order valence-electron chi connectivity index (χ2n) is 4.18. The molecule has 0 radical (unpaired) electrons. The van der Waals surface area contributed by atoms with Crippen LogP contribution in [0, 0.1) is 5.82 Å². The second-order valence-corrected chi connectivity index (χ2v) is 4.59. The van der Waals surface area contributed by atoms with E-state index in [-0.39, 0.29) is 10.6 Å². The zero-order valence-electron chi connectivity index (χ0n) is 10.2. The number of hydrogen-bond donors (Lipinski definition) is 2. The minimum Gasteiger partial charge on any atom is -0.324 e. The normalized spacial score (nSPS) is 10.7. The summed E-state index contributed by atoms with van der Waals surface area (Å²) < 4.78 is 12.9. The molecule has 0 spiro atoms. The van der Waals surface area contributed by atoms with Crippen molar-refractivity contribution < 1.29 is 9.18 Å². The van der Waals surface area contributed by atoms with E-state index >= 15 is 0 Å². The van der Waals surface area contributed by atoms with Gasteiger partial charge in [0.2, 0.25) is 5.95 Å². The van der Waals surface area contributed by atoms with Gasteiger partial charge in [0.1, 0.15) is 5.82 Å². The average Bonchev–Trinajstić information content (AvgIpc) is 2.80. The van der Waals surface area contributed by atoms with Gasteiger partial charge in [-0.2, -0.15) is 0 Å². The highest BCUT2D eigenvalue weighted by Crippen LogP contribution is 2.19. The summed E-state index contributed by atoms with van der Waals surface area (Å²) in [5.41, 5.74) is 1.74. The average molecular weight is 290 g/mol. The number of imidazole rings is 1. The number of nitrogens with one attached hydrogen (secondary N) is 2. The summed E-state index contributed by atoms with van der Waals surface area (Å²) in [6, 6.07) is 11.0. The van der Waals surface area contributed by atoms with Crippen LogP contribution in [0.15, 0.2) is 42.5 Å². The standard InChI is InChI=1S/C14H9ClFN3O/c15-10-7-8(16)5-6-9(10)13(20)19-14-17-11-3-1-2-4-12(11)18-14/h1-7H,(H2,17,18,19,20). The zero-order chi connectivity index (χ0) is 14.1. The van der Waals surface area contributed by atoms with Gasteiger partial charge in [0.15, 0.2) is 0 Å². The second kappa shape index (κ2) is 4.94. The highest BCUT2D eigenvalue weighted by molar-refractivity contribution is 6.34. The molecule has 2 aromatic carbocycles. The Morgan fingerprint density at radius 1 is 1.25 bits per heavy atom. The first-order valence-corrected chi connectivity index (χ1v) is 6.22. The van der Waals surface area contributed by atoms with Gasteiger partial charge < -0.3 is 4.98 Å². The van der Waals surface area contributed by atoms with E-state index < -0.39 is 11.7 Å². The number of aromatic amines is 1. The third-order valence-corrected chi connectivity index (χ3v) is 3.11. The molecule has 20 heavy (non-hydrogen) atoms. The molecule has 0 bridgehead atoms. The van der Waals surface area contributed by atoms with E-state index in [9.17, 15) is 9.18 Å². The largest absolute Gasteiger partial charge is 0.324 e. The number of para-hydroxylation sites is 2. The summed E-state index contributed by atoms with van der Waals surface area (Å²) in [5, 5.41) is 2.65. The first-order chi connectivity index (χ1) is 9.63. The van der Waals surface area contributed by atoms with Crippen molar-refractivity contribution in [2.24, 2.45) is 0 Å². The smallest absolute Gasteiger partial charge is 0.259 e. The number of H-pyrrole nitrogens is 1. The molecular weight excluding hydrogens is 281 g/mol. The monoisotopic (exact) mass is 289 g/mol. The van der Waals surface area contributed by atoms with Gasteiger partial charge in [-0.15, -0.1) is 0 Å². The van der Waals surface area contributed by atoms with E-state index in [0.29, 0.717) is 5.95 Å². The molecule has 4 nitrogen and oxygen atoms in total. The van der Waals surface area contributed by atoms with Crippen molar-refractivity contribution in [3.63, 3.8) is 0 Å². The number of halogens is 2. The number of anilines is 1. The number of nitrogens with zero attached hydrogens (tertiary/aromatic N) is 1. The molecule has 100 valence electrons. The van der Waals surface area contributed by atoms with Gasteiger partial charge in [0, 0.05) is 0 Å².